The monoisotopic (exact) mass is 382 g/mol. The Morgan fingerprint density at radius 3 is 1.93 bits per heavy atom. The van der Waals surface area contributed by atoms with E-state index in [1.165, 1.54) is 0 Å². The van der Waals surface area contributed by atoms with Crippen molar-refractivity contribution >= 4 is 40.5 Å². The highest BCUT2D eigenvalue weighted by molar-refractivity contribution is 5.96. The van der Waals surface area contributed by atoms with E-state index in [0.29, 0.717) is 24.2 Å². The molecule has 0 heterocycles. The number of carbonyl (C=O) groups excluding carboxylic acids is 3. The van der Waals surface area contributed by atoms with Gasteiger partial charge >= 0.3 is 0 Å². The minimum atomic E-state index is -0.221. The Labute approximate surface area is 164 Å². The van der Waals surface area contributed by atoms with E-state index in [9.17, 15) is 14.4 Å². The van der Waals surface area contributed by atoms with Crippen LogP contribution in [0.1, 0.15) is 32.3 Å². The van der Waals surface area contributed by atoms with Crippen LogP contribution in [0.4, 0.5) is 22.7 Å². The van der Waals surface area contributed by atoms with Gasteiger partial charge < -0.3 is 21.3 Å². The number of carbonyl (C=O) groups is 3. The molecular weight excluding hydrogens is 356 g/mol. The third-order valence-corrected chi connectivity index (χ3v) is 4.12. The highest BCUT2D eigenvalue weighted by atomic mass is 16.2. The second-order valence-electron chi connectivity index (χ2n) is 6.26. The average molecular weight is 382 g/mol. The lowest BCUT2D eigenvalue weighted by atomic mass is 10.1. The molecule has 0 saturated carbocycles. The van der Waals surface area contributed by atoms with Crippen LogP contribution in [0.5, 0.6) is 0 Å². The third-order valence-electron chi connectivity index (χ3n) is 4.12. The minimum absolute atomic E-state index is 0.0620. The molecule has 7 heteroatoms. The summed E-state index contributed by atoms with van der Waals surface area (Å²) < 4.78 is 0. The molecule has 2 rings (SSSR count). The van der Waals surface area contributed by atoms with Crippen LogP contribution in [-0.2, 0) is 14.4 Å². The van der Waals surface area contributed by atoms with Crippen LogP contribution in [0.2, 0.25) is 0 Å². The molecular formula is C21H26N4O3. The molecule has 0 saturated heterocycles. The molecule has 7 nitrogen and oxygen atoms in total. The number of hydrogen-bond acceptors (Lipinski definition) is 4. The highest BCUT2D eigenvalue weighted by Gasteiger charge is 2.09. The smallest absolute Gasteiger partial charge is 0.243 e. The molecule has 2 aromatic carbocycles. The summed E-state index contributed by atoms with van der Waals surface area (Å²) in [5.41, 5.74) is 3.58. The number of anilines is 4. The van der Waals surface area contributed by atoms with Crippen LogP contribution < -0.4 is 21.3 Å². The minimum Gasteiger partial charge on any atom is -0.376 e. The predicted molar refractivity (Wildman–Crippen MR) is 113 cm³/mol. The summed E-state index contributed by atoms with van der Waals surface area (Å²) in [4.78, 5) is 35.4. The molecule has 2 aromatic rings. The lowest BCUT2D eigenvalue weighted by Crippen LogP contribution is -2.22. The topological polar surface area (TPSA) is 99.3 Å². The first-order chi connectivity index (χ1) is 13.4. The van der Waals surface area contributed by atoms with Gasteiger partial charge in [0.2, 0.25) is 17.7 Å². The summed E-state index contributed by atoms with van der Waals surface area (Å²) in [7, 11) is 0. The molecule has 0 aliphatic rings. The number of amides is 3. The zero-order valence-corrected chi connectivity index (χ0v) is 16.4. The van der Waals surface area contributed by atoms with E-state index in [4.69, 9.17) is 0 Å². The van der Waals surface area contributed by atoms with Crippen molar-refractivity contribution in [3.8, 4) is 0 Å². The Balaban J connectivity index is 1.96. The Hall–Kier alpha value is -3.35. The van der Waals surface area contributed by atoms with Gasteiger partial charge in [0.05, 0.1) is 6.54 Å². The molecule has 0 spiro atoms. The summed E-state index contributed by atoms with van der Waals surface area (Å²) in [6.45, 7) is 5.51. The molecule has 4 N–H and O–H groups in total. The average Bonchev–Trinajstić information content (AvgIpc) is 2.68. The fourth-order valence-electron chi connectivity index (χ4n) is 2.51. The number of hydrogen-bond donors (Lipinski definition) is 4. The van der Waals surface area contributed by atoms with Crippen molar-refractivity contribution < 1.29 is 14.4 Å². The first kappa shape index (κ1) is 21.0. The maximum Gasteiger partial charge on any atom is 0.243 e. The van der Waals surface area contributed by atoms with Gasteiger partial charge in [-0.05, 0) is 42.8 Å². The lowest BCUT2D eigenvalue weighted by Gasteiger charge is -2.14. The van der Waals surface area contributed by atoms with E-state index >= 15 is 0 Å². The van der Waals surface area contributed by atoms with Gasteiger partial charge in [-0.1, -0.05) is 26.0 Å². The largest absolute Gasteiger partial charge is 0.376 e. The zero-order chi connectivity index (χ0) is 20.5. The van der Waals surface area contributed by atoms with Crippen molar-refractivity contribution in [1.29, 1.82) is 0 Å². The SMILES string of the molecule is CCC(=O)Nc1cccc(NC(=O)CNc2cccc(NC(=O)CC)c2C)c1. The van der Waals surface area contributed by atoms with Gasteiger partial charge in [0.25, 0.3) is 0 Å². The van der Waals surface area contributed by atoms with Gasteiger partial charge in [-0.25, -0.2) is 0 Å². The summed E-state index contributed by atoms with van der Waals surface area (Å²) >= 11 is 0. The van der Waals surface area contributed by atoms with Crippen molar-refractivity contribution in [2.75, 3.05) is 27.8 Å². The van der Waals surface area contributed by atoms with Gasteiger partial charge in [0, 0.05) is 35.6 Å². The Kier molecular flexibility index (Phi) is 7.56. The Morgan fingerprint density at radius 2 is 1.29 bits per heavy atom. The van der Waals surface area contributed by atoms with E-state index in [0.717, 1.165) is 16.9 Å². The predicted octanol–water partition coefficient (Wildman–Crippen LogP) is 3.74. The van der Waals surface area contributed by atoms with Crippen LogP contribution in [0.3, 0.4) is 0 Å². The fraction of sp³-hybridized carbons (Fsp3) is 0.286. The molecule has 0 bridgehead atoms. The van der Waals surface area contributed by atoms with Gasteiger partial charge in [-0.15, -0.1) is 0 Å². The zero-order valence-electron chi connectivity index (χ0n) is 16.4. The lowest BCUT2D eigenvalue weighted by molar-refractivity contribution is -0.116. The summed E-state index contributed by atoms with van der Waals surface area (Å²) in [5, 5.41) is 11.5. The summed E-state index contributed by atoms with van der Waals surface area (Å²) in [6, 6.07) is 12.5. The maximum atomic E-state index is 12.3. The number of nitrogens with one attached hydrogen (secondary N) is 4. The number of rotatable bonds is 8. The van der Waals surface area contributed by atoms with E-state index in [1.54, 1.807) is 38.1 Å². The molecule has 3 amide bonds. The first-order valence-corrected chi connectivity index (χ1v) is 9.26. The second kappa shape index (κ2) is 10.1. The summed E-state index contributed by atoms with van der Waals surface area (Å²) in [6.07, 6.45) is 0.787. The van der Waals surface area contributed by atoms with Crippen molar-refractivity contribution in [2.24, 2.45) is 0 Å². The van der Waals surface area contributed by atoms with Crippen molar-refractivity contribution in [3.63, 3.8) is 0 Å². The molecule has 0 atom stereocenters. The normalized spacial score (nSPS) is 10.1. The van der Waals surface area contributed by atoms with E-state index in [-0.39, 0.29) is 24.3 Å². The maximum absolute atomic E-state index is 12.3. The Bertz CT molecular complexity index is 864. The molecule has 0 fully saturated rings. The van der Waals surface area contributed by atoms with Crippen molar-refractivity contribution in [2.45, 2.75) is 33.6 Å². The quantitative estimate of drug-likeness (QED) is 0.559. The van der Waals surface area contributed by atoms with E-state index in [2.05, 4.69) is 21.3 Å². The fourth-order valence-corrected chi connectivity index (χ4v) is 2.51. The molecule has 0 unspecified atom stereocenters. The van der Waals surface area contributed by atoms with E-state index in [1.807, 2.05) is 25.1 Å². The van der Waals surface area contributed by atoms with Crippen LogP contribution in [0.15, 0.2) is 42.5 Å². The van der Waals surface area contributed by atoms with Crippen molar-refractivity contribution in [3.05, 3.63) is 48.0 Å². The Morgan fingerprint density at radius 1 is 0.750 bits per heavy atom. The molecule has 0 aliphatic heterocycles. The van der Waals surface area contributed by atoms with Crippen LogP contribution in [0.25, 0.3) is 0 Å². The van der Waals surface area contributed by atoms with Gasteiger partial charge in [-0.3, -0.25) is 14.4 Å². The van der Waals surface area contributed by atoms with Crippen LogP contribution >= 0.6 is 0 Å². The van der Waals surface area contributed by atoms with Crippen molar-refractivity contribution in [1.82, 2.24) is 0 Å². The molecule has 148 valence electrons. The van der Waals surface area contributed by atoms with E-state index < -0.39 is 0 Å². The van der Waals surface area contributed by atoms with Crippen LogP contribution in [-0.4, -0.2) is 24.3 Å². The second-order valence-corrected chi connectivity index (χ2v) is 6.26. The standard InChI is InChI=1S/C21H26N4O3/c1-4-19(26)23-15-8-6-9-16(12-15)24-21(28)13-22-17-10-7-11-18(14(17)3)25-20(27)5-2/h6-12,22H,4-5,13H2,1-3H3,(H,23,26)(H,24,28)(H,25,27). The molecule has 28 heavy (non-hydrogen) atoms. The molecule has 0 aromatic heterocycles. The van der Waals surface area contributed by atoms with Gasteiger partial charge in [0.1, 0.15) is 0 Å². The summed E-state index contributed by atoms with van der Waals surface area (Å²) in [5.74, 6) is -0.370. The van der Waals surface area contributed by atoms with Crippen LogP contribution in [0, 0.1) is 6.92 Å². The molecule has 0 radical (unpaired) electrons. The van der Waals surface area contributed by atoms with Gasteiger partial charge in [-0.2, -0.15) is 0 Å². The van der Waals surface area contributed by atoms with Gasteiger partial charge in [0.15, 0.2) is 0 Å². The first-order valence-electron chi connectivity index (χ1n) is 9.26. The third kappa shape index (κ3) is 6.12. The highest BCUT2D eigenvalue weighted by Crippen LogP contribution is 2.23. The molecule has 0 aliphatic carbocycles. The number of benzene rings is 2.